The van der Waals surface area contributed by atoms with Gasteiger partial charge >= 0.3 is 0 Å². The molecule has 8 heteroatoms. The predicted molar refractivity (Wildman–Crippen MR) is 111 cm³/mol. The van der Waals surface area contributed by atoms with Crippen LogP contribution in [-0.4, -0.2) is 58.1 Å². The molecule has 0 unspecified atom stereocenters. The number of morpholine rings is 1. The first-order valence-corrected chi connectivity index (χ1v) is 12.5. The number of methoxy groups -OCH3 is 1. The van der Waals surface area contributed by atoms with Crippen molar-refractivity contribution in [2.45, 2.75) is 43.0 Å². The van der Waals surface area contributed by atoms with Crippen molar-refractivity contribution in [2.24, 2.45) is 23.7 Å². The van der Waals surface area contributed by atoms with Gasteiger partial charge in [0, 0.05) is 19.1 Å². The van der Waals surface area contributed by atoms with Gasteiger partial charge in [-0.3, -0.25) is 4.79 Å². The second-order valence-corrected chi connectivity index (χ2v) is 11.2. The van der Waals surface area contributed by atoms with Crippen molar-refractivity contribution in [3.8, 4) is 5.75 Å². The standard InChI is InChI=1S/C22H30N2O5S/c1-28-20-3-2-18(30(26,27)24-4-6-29-7-5-24)13-19(20)22(25)23-21-16-9-14-8-15(11-16)12-17(21)10-14/h2-3,13-17,21H,4-12H2,1H3,(H,23,25). The summed E-state index contributed by atoms with van der Waals surface area (Å²) in [6.45, 7) is 1.41. The largest absolute Gasteiger partial charge is 0.496 e. The van der Waals surface area contributed by atoms with Gasteiger partial charge in [0.25, 0.3) is 5.91 Å². The fourth-order valence-corrected chi connectivity index (χ4v) is 7.79. The summed E-state index contributed by atoms with van der Waals surface area (Å²) in [6, 6.07) is 4.76. The zero-order valence-electron chi connectivity index (χ0n) is 17.4. The Bertz CT molecular complexity index is 897. The molecule has 4 saturated carbocycles. The Kier molecular flexibility index (Phi) is 5.27. The van der Waals surface area contributed by atoms with Crippen molar-refractivity contribution < 1.29 is 22.7 Å². The summed E-state index contributed by atoms with van der Waals surface area (Å²) in [6.07, 6.45) is 6.20. The van der Waals surface area contributed by atoms with E-state index < -0.39 is 10.0 Å². The third-order valence-corrected chi connectivity index (χ3v) is 9.44. The molecule has 0 radical (unpaired) electrons. The van der Waals surface area contributed by atoms with Crippen LogP contribution in [0.4, 0.5) is 0 Å². The molecule has 6 rings (SSSR count). The van der Waals surface area contributed by atoms with E-state index in [-0.39, 0.29) is 16.8 Å². The molecule has 1 saturated heterocycles. The van der Waals surface area contributed by atoms with E-state index in [0.29, 0.717) is 49.5 Å². The van der Waals surface area contributed by atoms with E-state index in [9.17, 15) is 13.2 Å². The quantitative estimate of drug-likeness (QED) is 0.769. The number of nitrogens with zero attached hydrogens (tertiary/aromatic N) is 1. The molecule has 1 aromatic rings. The Morgan fingerprint density at radius 2 is 1.70 bits per heavy atom. The van der Waals surface area contributed by atoms with Crippen LogP contribution in [0.25, 0.3) is 0 Å². The molecule has 0 spiro atoms. The summed E-state index contributed by atoms with van der Waals surface area (Å²) in [5.74, 6) is 2.93. The van der Waals surface area contributed by atoms with Gasteiger partial charge < -0.3 is 14.8 Å². The van der Waals surface area contributed by atoms with Crippen LogP contribution in [-0.2, 0) is 14.8 Å². The molecule has 1 N–H and O–H groups in total. The predicted octanol–water partition coefficient (Wildman–Crippen LogP) is 2.27. The average Bonchev–Trinajstić information content (AvgIpc) is 2.75. The maximum atomic E-state index is 13.3. The van der Waals surface area contributed by atoms with Crippen LogP contribution in [0.15, 0.2) is 23.1 Å². The zero-order valence-corrected chi connectivity index (χ0v) is 18.2. The highest BCUT2D eigenvalue weighted by Gasteiger charge is 2.48. The number of sulfonamides is 1. The van der Waals surface area contributed by atoms with E-state index in [1.165, 1.54) is 55.7 Å². The smallest absolute Gasteiger partial charge is 0.255 e. The van der Waals surface area contributed by atoms with Crippen LogP contribution in [0.1, 0.15) is 42.5 Å². The summed E-state index contributed by atoms with van der Waals surface area (Å²) in [7, 11) is -2.17. The van der Waals surface area contributed by atoms with Gasteiger partial charge in [0.2, 0.25) is 10.0 Å². The average molecular weight is 435 g/mol. The van der Waals surface area contributed by atoms with Gasteiger partial charge in [0.15, 0.2) is 0 Å². The highest BCUT2D eigenvalue weighted by molar-refractivity contribution is 7.89. The van der Waals surface area contributed by atoms with Crippen LogP contribution in [0.3, 0.4) is 0 Å². The summed E-state index contributed by atoms with van der Waals surface area (Å²) in [5.41, 5.74) is 0.292. The highest BCUT2D eigenvalue weighted by atomic mass is 32.2. The molecule has 5 aliphatic rings. The number of hydrogen-bond donors (Lipinski definition) is 1. The third-order valence-electron chi connectivity index (χ3n) is 7.55. The Balaban J connectivity index is 1.39. The molecular weight excluding hydrogens is 404 g/mol. The lowest BCUT2D eigenvalue weighted by atomic mass is 9.54. The molecule has 30 heavy (non-hydrogen) atoms. The lowest BCUT2D eigenvalue weighted by Gasteiger charge is -2.54. The van der Waals surface area contributed by atoms with Crippen LogP contribution >= 0.6 is 0 Å². The molecule has 0 atom stereocenters. The lowest BCUT2D eigenvalue weighted by Crippen LogP contribution is -2.55. The van der Waals surface area contributed by atoms with E-state index in [2.05, 4.69) is 5.32 Å². The van der Waals surface area contributed by atoms with Gasteiger partial charge in [-0.2, -0.15) is 4.31 Å². The number of benzene rings is 1. The van der Waals surface area contributed by atoms with Crippen LogP contribution in [0, 0.1) is 23.7 Å². The normalized spacial score (nSPS) is 33.4. The van der Waals surface area contributed by atoms with Crippen molar-refractivity contribution in [2.75, 3.05) is 33.4 Å². The second-order valence-electron chi connectivity index (χ2n) is 9.31. The van der Waals surface area contributed by atoms with E-state index in [4.69, 9.17) is 9.47 Å². The number of amides is 1. The van der Waals surface area contributed by atoms with Gasteiger partial charge in [0.1, 0.15) is 5.75 Å². The maximum absolute atomic E-state index is 13.3. The summed E-state index contributed by atoms with van der Waals surface area (Å²) in [4.78, 5) is 13.4. The number of carbonyl (C=O) groups is 1. The van der Waals surface area contributed by atoms with Gasteiger partial charge in [-0.25, -0.2) is 8.42 Å². The van der Waals surface area contributed by atoms with Crippen molar-refractivity contribution in [3.05, 3.63) is 23.8 Å². The van der Waals surface area contributed by atoms with Gasteiger partial charge in [0.05, 0.1) is 30.8 Å². The Morgan fingerprint density at radius 3 is 2.30 bits per heavy atom. The van der Waals surface area contributed by atoms with Crippen molar-refractivity contribution in [1.29, 1.82) is 0 Å². The SMILES string of the molecule is COc1ccc(S(=O)(=O)N2CCOCC2)cc1C(=O)NC1C2CC3CC(C2)CC1C3. The topological polar surface area (TPSA) is 84.9 Å². The first-order chi connectivity index (χ1) is 14.5. The van der Waals surface area contributed by atoms with E-state index >= 15 is 0 Å². The number of ether oxygens (including phenoxy) is 2. The number of hydrogen-bond acceptors (Lipinski definition) is 5. The summed E-state index contributed by atoms with van der Waals surface area (Å²) >= 11 is 0. The van der Waals surface area contributed by atoms with E-state index in [0.717, 1.165) is 11.8 Å². The molecule has 0 aromatic heterocycles. The first kappa shape index (κ1) is 20.3. The minimum Gasteiger partial charge on any atom is -0.496 e. The van der Waals surface area contributed by atoms with Crippen molar-refractivity contribution >= 4 is 15.9 Å². The fourth-order valence-electron chi connectivity index (χ4n) is 6.35. The molecule has 4 bridgehead atoms. The molecule has 5 fully saturated rings. The molecule has 164 valence electrons. The number of carbonyl (C=O) groups excluding carboxylic acids is 1. The van der Waals surface area contributed by atoms with E-state index in [1.54, 1.807) is 6.07 Å². The second kappa shape index (κ2) is 7.80. The van der Waals surface area contributed by atoms with Gasteiger partial charge in [-0.05, 0) is 74.0 Å². The molecule has 1 aromatic carbocycles. The lowest BCUT2D eigenvalue weighted by molar-refractivity contribution is -0.0119. The molecule has 1 aliphatic heterocycles. The van der Waals surface area contributed by atoms with Crippen molar-refractivity contribution in [1.82, 2.24) is 9.62 Å². The van der Waals surface area contributed by atoms with Crippen LogP contribution in [0.5, 0.6) is 5.75 Å². The maximum Gasteiger partial charge on any atom is 0.255 e. The fraction of sp³-hybridized carbons (Fsp3) is 0.682. The molecule has 1 heterocycles. The molecule has 4 aliphatic carbocycles. The number of rotatable bonds is 5. The number of nitrogens with one attached hydrogen (secondary N) is 1. The minimum atomic E-state index is -3.67. The summed E-state index contributed by atoms with van der Waals surface area (Å²) < 4.78 is 38.2. The Hall–Kier alpha value is -1.64. The highest BCUT2D eigenvalue weighted by Crippen LogP contribution is 2.53. The third kappa shape index (κ3) is 3.52. The van der Waals surface area contributed by atoms with Gasteiger partial charge in [-0.15, -0.1) is 0 Å². The van der Waals surface area contributed by atoms with Crippen LogP contribution < -0.4 is 10.1 Å². The van der Waals surface area contributed by atoms with Gasteiger partial charge in [-0.1, -0.05) is 0 Å². The Morgan fingerprint density at radius 1 is 1.07 bits per heavy atom. The van der Waals surface area contributed by atoms with Crippen molar-refractivity contribution in [3.63, 3.8) is 0 Å². The summed E-state index contributed by atoms with van der Waals surface area (Å²) in [5, 5.41) is 3.26. The monoisotopic (exact) mass is 434 g/mol. The molecule has 7 nitrogen and oxygen atoms in total. The molecule has 1 amide bonds. The molecular formula is C22H30N2O5S. The van der Waals surface area contributed by atoms with E-state index in [1.807, 2.05) is 0 Å². The first-order valence-electron chi connectivity index (χ1n) is 11.0. The zero-order chi connectivity index (χ0) is 20.9. The minimum absolute atomic E-state index is 0.125. The Labute approximate surface area is 178 Å². The van der Waals surface area contributed by atoms with Crippen LogP contribution in [0.2, 0.25) is 0 Å².